The third kappa shape index (κ3) is 5.76. The number of nitrogens with one attached hydrogen (secondary N) is 2. The van der Waals surface area contributed by atoms with Gasteiger partial charge in [0, 0.05) is 42.4 Å². The zero-order valence-corrected chi connectivity index (χ0v) is 15.7. The second-order valence-corrected chi connectivity index (χ2v) is 6.91. The minimum absolute atomic E-state index is 0.0413. The monoisotopic (exact) mass is 379 g/mol. The van der Waals surface area contributed by atoms with E-state index < -0.39 is 0 Å². The fourth-order valence-corrected chi connectivity index (χ4v) is 3.35. The lowest BCUT2D eigenvalue weighted by Gasteiger charge is -2.07. The Bertz CT molecular complexity index is 879. The molecule has 138 valence electrons. The van der Waals surface area contributed by atoms with Crippen LogP contribution in [0.1, 0.15) is 21.8 Å². The number of aromatic nitrogens is 1. The summed E-state index contributed by atoms with van der Waals surface area (Å²) in [5, 5.41) is 8.57. The average Bonchev–Trinajstić information content (AvgIpc) is 3.20. The molecule has 3 rings (SSSR count). The highest BCUT2D eigenvalue weighted by atomic mass is 32.1. The zero-order valence-electron chi connectivity index (χ0n) is 14.9. The van der Waals surface area contributed by atoms with Crippen molar-refractivity contribution in [3.05, 3.63) is 76.6 Å². The van der Waals surface area contributed by atoms with Crippen molar-refractivity contribution >= 4 is 23.2 Å². The molecule has 5 nitrogen and oxygen atoms in total. The molecule has 0 saturated carbocycles. The van der Waals surface area contributed by atoms with Crippen LogP contribution in [-0.2, 0) is 11.2 Å². The molecule has 27 heavy (non-hydrogen) atoms. The third-order valence-electron chi connectivity index (χ3n) is 3.96. The van der Waals surface area contributed by atoms with E-state index in [-0.39, 0.29) is 11.8 Å². The summed E-state index contributed by atoms with van der Waals surface area (Å²) in [6.07, 6.45) is 0.994. The van der Waals surface area contributed by atoms with Gasteiger partial charge in [0.15, 0.2) is 0 Å². The molecule has 0 saturated heterocycles. The maximum atomic E-state index is 12.0. The molecule has 2 aromatic carbocycles. The number of amides is 2. The van der Waals surface area contributed by atoms with E-state index in [1.54, 1.807) is 23.5 Å². The summed E-state index contributed by atoms with van der Waals surface area (Å²) in [5.41, 5.74) is 2.64. The molecule has 0 radical (unpaired) electrons. The van der Waals surface area contributed by atoms with Crippen LogP contribution >= 0.6 is 11.3 Å². The Hall–Kier alpha value is -2.99. The molecule has 2 amide bonds. The number of thiazole rings is 1. The number of carbonyl (C=O) groups is 2. The number of hydrogen-bond donors (Lipinski definition) is 2. The summed E-state index contributed by atoms with van der Waals surface area (Å²) in [6.45, 7) is 0.805. The SMILES string of the molecule is O=C(CCc1nc(-c2ccccc2)cs1)NCCNC(=O)c1ccccc1. The van der Waals surface area contributed by atoms with Gasteiger partial charge in [-0.15, -0.1) is 11.3 Å². The Morgan fingerprint density at radius 2 is 1.56 bits per heavy atom. The molecule has 0 fully saturated rings. The topological polar surface area (TPSA) is 71.1 Å². The smallest absolute Gasteiger partial charge is 0.251 e. The largest absolute Gasteiger partial charge is 0.354 e. The number of nitrogens with zero attached hydrogens (tertiary/aromatic N) is 1. The van der Waals surface area contributed by atoms with Crippen molar-refractivity contribution in [3.8, 4) is 11.3 Å². The fourth-order valence-electron chi connectivity index (χ4n) is 2.55. The normalized spacial score (nSPS) is 10.4. The van der Waals surface area contributed by atoms with Crippen molar-refractivity contribution in [1.82, 2.24) is 15.6 Å². The summed E-state index contributed by atoms with van der Waals surface area (Å²) in [5.74, 6) is -0.179. The average molecular weight is 379 g/mol. The molecule has 0 aliphatic rings. The van der Waals surface area contributed by atoms with Crippen molar-refractivity contribution in [2.75, 3.05) is 13.1 Å². The van der Waals surface area contributed by atoms with Gasteiger partial charge in [0.25, 0.3) is 5.91 Å². The lowest BCUT2D eigenvalue weighted by atomic mass is 10.2. The van der Waals surface area contributed by atoms with Crippen molar-refractivity contribution in [2.24, 2.45) is 0 Å². The predicted octanol–water partition coefficient (Wildman–Crippen LogP) is 3.29. The van der Waals surface area contributed by atoms with Crippen LogP contribution in [0.3, 0.4) is 0 Å². The van der Waals surface area contributed by atoms with Crippen LogP contribution in [0.25, 0.3) is 11.3 Å². The molecule has 0 aliphatic carbocycles. The van der Waals surface area contributed by atoms with Gasteiger partial charge in [-0.1, -0.05) is 48.5 Å². The maximum absolute atomic E-state index is 12.0. The second kappa shape index (κ2) is 9.64. The van der Waals surface area contributed by atoms with Gasteiger partial charge in [0.05, 0.1) is 10.7 Å². The Morgan fingerprint density at radius 3 is 2.30 bits per heavy atom. The molecule has 0 aliphatic heterocycles. The highest BCUT2D eigenvalue weighted by Gasteiger charge is 2.08. The lowest BCUT2D eigenvalue weighted by molar-refractivity contribution is -0.121. The third-order valence-corrected chi connectivity index (χ3v) is 4.86. The van der Waals surface area contributed by atoms with E-state index in [0.717, 1.165) is 16.3 Å². The first kappa shape index (κ1) is 18.8. The van der Waals surface area contributed by atoms with Crippen LogP contribution in [0.15, 0.2) is 66.0 Å². The zero-order chi connectivity index (χ0) is 18.9. The standard InChI is InChI=1S/C21H21N3O2S/c25-19(22-13-14-23-21(26)17-9-5-2-6-10-17)11-12-20-24-18(15-27-20)16-7-3-1-4-8-16/h1-10,15H,11-14H2,(H,22,25)(H,23,26). The predicted molar refractivity (Wildman–Crippen MR) is 108 cm³/mol. The van der Waals surface area contributed by atoms with Crippen LogP contribution in [0.5, 0.6) is 0 Å². The minimum atomic E-state index is -0.138. The second-order valence-electron chi connectivity index (χ2n) is 5.96. The summed E-state index contributed by atoms with van der Waals surface area (Å²) < 4.78 is 0. The first-order valence-electron chi connectivity index (χ1n) is 8.82. The van der Waals surface area contributed by atoms with Gasteiger partial charge in [-0.2, -0.15) is 0 Å². The van der Waals surface area contributed by atoms with Gasteiger partial charge < -0.3 is 10.6 Å². The molecule has 2 N–H and O–H groups in total. The minimum Gasteiger partial charge on any atom is -0.354 e. The quantitative estimate of drug-likeness (QED) is 0.590. The first-order chi connectivity index (χ1) is 13.2. The maximum Gasteiger partial charge on any atom is 0.251 e. The van der Waals surface area contributed by atoms with Gasteiger partial charge >= 0.3 is 0 Å². The van der Waals surface area contributed by atoms with E-state index >= 15 is 0 Å². The van der Waals surface area contributed by atoms with Gasteiger partial charge in [-0.25, -0.2) is 4.98 Å². The van der Waals surface area contributed by atoms with Crippen molar-refractivity contribution in [1.29, 1.82) is 0 Å². The Morgan fingerprint density at radius 1 is 0.889 bits per heavy atom. The Kier molecular flexibility index (Phi) is 6.71. The lowest BCUT2D eigenvalue weighted by Crippen LogP contribution is -2.34. The number of hydrogen-bond acceptors (Lipinski definition) is 4. The number of carbonyl (C=O) groups excluding carboxylic acids is 2. The molecule has 0 spiro atoms. The molecule has 0 unspecified atom stereocenters. The van der Waals surface area contributed by atoms with E-state index in [4.69, 9.17) is 0 Å². The highest BCUT2D eigenvalue weighted by molar-refractivity contribution is 7.09. The fraction of sp³-hybridized carbons (Fsp3) is 0.190. The highest BCUT2D eigenvalue weighted by Crippen LogP contribution is 2.22. The van der Waals surface area contributed by atoms with Crippen molar-refractivity contribution in [2.45, 2.75) is 12.8 Å². The molecular formula is C21H21N3O2S. The van der Waals surface area contributed by atoms with E-state index in [1.807, 2.05) is 53.9 Å². The molecule has 1 heterocycles. The first-order valence-corrected chi connectivity index (χ1v) is 9.70. The molecular weight excluding hydrogens is 358 g/mol. The van der Waals surface area contributed by atoms with E-state index in [2.05, 4.69) is 15.6 Å². The molecule has 1 aromatic heterocycles. The van der Waals surface area contributed by atoms with Crippen molar-refractivity contribution in [3.63, 3.8) is 0 Å². The Labute approximate surface area is 162 Å². The molecule has 0 bridgehead atoms. The summed E-state index contributed by atoms with van der Waals surface area (Å²) in [7, 11) is 0. The van der Waals surface area contributed by atoms with E-state index in [0.29, 0.717) is 31.5 Å². The molecule has 0 atom stereocenters. The summed E-state index contributed by atoms with van der Waals surface area (Å²) in [4.78, 5) is 28.4. The van der Waals surface area contributed by atoms with Crippen LogP contribution in [0, 0.1) is 0 Å². The van der Waals surface area contributed by atoms with Gasteiger partial charge in [-0.05, 0) is 12.1 Å². The van der Waals surface area contributed by atoms with Gasteiger partial charge in [0.2, 0.25) is 5.91 Å². The van der Waals surface area contributed by atoms with Gasteiger partial charge in [-0.3, -0.25) is 9.59 Å². The van der Waals surface area contributed by atoms with E-state index in [1.165, 1.54) is 0 Å². The van der Waals surface area contributed by atoms with E-state index in [9.17, 15) is 9.59 Å². The number of rotatable bonds is 8. The summed E-state index contributed by atoms with van der Waals surface area (Å²) in [6, 6.07) is 19.0. The van der Waals surface area contributed by atoms with Crippen LogP contribution in [0.2, 0.25) is 0 Å². The number of aryl methyl sites for hydroxylation is 1. The van der Waals surface area contributed by atoms with Crippen molar-refractivity contribution < 1.29 is 9.59 Å². The molecule has 6 heteroatoms. The number of benzene rings is 2. The molecule has 3 aromatic rings. The van der Waals surface area contributed by atoms with Crippen LogP contribution in [-0.4, -0.2) is 29.9 Å². The van der Waals surface area contributed by atoms with Gasteiger partial charge in [0.1, 0.15) is 0 Å². The summed E-state index contributed by atoms with van der Waals surface area (Å²) >= 11 is 1.57. The van der Waals surface area contributed by atoms with Crippen LogP contribution in [0.4, 0.5) is 0 Å². The Balaban J connectivity index is 1.35. The van der Waals surface area contributed by atoms with Crippen LogP contribution < -0.4 is 10.6 Å².